The first kappa shape index (κ1) is 26.9. The summed E-state index contributed by atoms with van der Waals surface area (Å²) < 4.78 is 12.4. The Morgan fingerprint density at radius 3 is 1.74 bits per heavy atom. The number of alkyl halides is 1. The average molecular weight is 311 g/mol. The van der Waals surface area contributed by atoms with Crippen LogP contribution in [0.2, 0.25) is 5.02 Å². The lowest BCUT2D eigenvalue weighted by Gasteiger charge is -1.93. The van der Waals surface area contributed by atoms with Gasteiger partial charge in [-0.05, 0) is 37.6 Å². The molecule has 0 aromatic heterocycles. The average Bonchev–Trinajstić information content (AvgIpc) is 2.41. The Kier molecular flexibility index (Phi) is 37.0. The first-order chi connectivity index (χ1) is 9.03. The third kappa shape index (κ3) is 26.9. The van der Waals surface area contributed by atoms with Gasteiger partial charge in [-0.1, -0.05) is 51.8 Å². The third-order valence-electron chi connectivity index (χ3n) is 1.12. The van der Waals surface area contributed by atoms with E-state index in [0.29, 0.717) is 10.6 Å². The van der Waals surface area contributed by atoms with Crippen molar-refractivity contribution in [2.75, 3.05) is 6.38 Å². The summed E-state index contributed by atoms with van der Waals surface area (Å²) in [6.07, 6.45) is 4.47. The van der Waals surface area contributed by atoms with E-state index in [0.717, 1.165) is 0 Å². The standard InChI is InChI=1S/C7H6ClF.C3H8.C3H6.C2H6.CH3Cl/c1-5-4-6(8)2-3-7(5)9;2*1-3-2;2*1-2/h2-4H,1H3;3H2,1-2H3;3H,1H2,2H3;1-2H3;1H3. The molecule has 1 aromatic carbocycles. The summed E-state index contributed by atoms with van der Waals surface area (Å²) in [5, 5.41) is 0.578. The summed E-state index contributed by atoms with van der Waals surface area (Å²) >= 11 is 10.2. The minimum atomic E-state index is -0.209. The van der Waals surface area contributed by atoms with Gasteiger partial charge in [-0.15, -0.1) is 18.2 Å². The molecule has 19 heavy (non-hydrogen) atoms. The minimum absolute atomic E-state index is 0.209. The van der Waals surface area contributed by atoms with E-state index in [1.165, 1.54) is 24.9 Å². The van der Waals surface area contributed by atoms with Gasteiger partial charge in [-0.3, -0.25) is 0 Å². The second-order valence-electron chi connectivity index (χ2n) is 3.01. The predicted octanol–water partition coefficient (Wildman–Crippen LogP) is 7.28. The van der Waals surface area contributed by atoms with Crippen molar-refractivity contribution in [3.05, 3.63) is 47.3 Å². The SMILES string of the molecule is C=CC.CC.CCC.CCl.Cc1cc(Cl)ccc1F. The van der Waals surface area contributed by atoms with E-state index in [2.05, 4.69) is 32.0 Å². The van der Waals surface area contributed by atoms with Gasteiger partial charge in [0, 0.05) is 11.4 Å². The van der Waals surface area contributed by atoms with Gasteiger partial charge in [0.05, 0.1) is 0 Å². The van der Waals surface area contributed by atoms with E-state index in [9.17, 15) is 4.39 Å². The van der Waals surface area contributed by atoms with E-state index in [4.69, 9.17) is 11.6 Å². The molecule has 0 saturated carbocycles. The second-order valence-corrected chi connectivity index (χ2v) is 3.45. The number of hydrogen-bond donors (Lipinski definition) is 0. The maximum Gasteiger partial charge on any atom is 0.126 e. The van der Waals surface area contributed by atoms with Crippen LogP contribution in [0.1, 0.15) is 46.6 Å². The smallest absolute Gasteiger partial charge is 0.126 e. The Labute approximate surface area is 129 Å². The monoisotopic (exact) mass is 310 g/mol. The van der Waals surface area contributed by atoms with E-state index < -0.39 is 0 Å². The quantitative estimate of drug-likeness (QED) is 0.349. The molecule has 0 bridgehead atoms. The normalized spacial score (nSPS) is 6.84. The summed E-state index contributed by atoms with van der Waals surface area (Å²) in [7, 11) is 0. The molecule has 3 heteroatoms. The Balaban J connectivity index is -0.0000000951. The number of aryl methyl sites for hydroxylation is 1. The van der Waals surface area contributed by atoms with Crippen molar-refractivity contribution >= 4 is 23.2 Å². The van der Waals surface area contributed by atoms with Gasteiger partial charge in [-0.25, -0.2) is 4.39 Å². The largest absolute Gasteiger partial charge is 0.207 e. The topological polar surface area (TPSA) is 0 Å². The molecule has 0 aliphatic rings. The fourth-order valence-corrected chi connectivity index (χ4v) is 0.835. The highest BCUT2D eigenvalue weighted by Gasteiger charge is 1.94. The lowest BCUT2D eigenvalue weighted by atomic mass is 10.2. The van der Waals surface area contributed by atoms with Crippen molar-refractivity contribution in [2.45, 2.75) is 48.0 Å². The molecule has 0 saturated heterocycles. The van der Waals surface area contributed by atoms with Gasteiger partial charge in [0.25, 0.3) is 0 Å². The Hall–Kier alpha value is -0.530. The van der Waals surface area contributed by atoms with Gasteiger partial charge < -0.3 is 0 Å². The second kappa shape index (κ2) is 26.1. The van der Waals surface area contributed by atoms with Crippen LogP contribution in [0.4, 0.5) is 4.39 Å². The maximum atomic E-state index is 12.4. The molecule has 0 N–H and O–H groups in total. The van der Waals surface area contributed by atoms with Crippen molar-refractivity contribution in [3.8, 4) is 0 Å². The van der Waals surface area contributed by atoms with Crippen LogP contribution in [-0.4, -0.2) is 6.38 Å². The van der Waals surface area contributed by atoms with Crippen molar-refractivity contribution < 1.29 is 4.39 Å². The number of rotatable bonds is 0. The van der Waals surface area contributed by atoms with Crippen LogP contribution >= 0.6 is 23.2 Å². The Morgan fingerprint density at radius 2 is 1.53 bits per heavy atom. The number of allylic oxidation sites excluding steroid dienone is 1. The fourth-order valence-electron chi connectivity index (χ4n) is 0.608. The highest BCUT2D eigenvalue weighted by Crippen LogP contribution is 2.12. The van der Waals surface area contributed by atoms with Crippen LogP contribution in [-0.2, 0) is 0 Å². The number of benzene rings is 1. The summed E-state index contributed by atoms with van der Waals surface area (Å²) in [6.45, 7) is 15.2. The van der Waals surface area contributed by atoms with E-state index in [1.54, 1.807) is 19.1 Å². The molecule has 1 aromatic rings. The van der Waals surface area contributed by atoms with Crippen molar-refractivity contribution in [2.24, 2.45) is 0 Å². The zero-order chi connectivity index (χ0) is 16.3. The van der Waals surface area contributed by atoms with Gasteiger partial charge >= 0.3 is 0 Å². The van der Waals surface area contributed by atoms with Crippen LogP contribution in [0.15, 0.2) is 30.9 Å². The minimum Gasteiger partial charge on any atom is -0.207 e. The molecular formula is C16H29Cl2F. The van der Waals surface area contributed by atoms with Crippen molar-refractivity contribution in [3.63, 3.8) is 0 Å². The van der Waals surface area contributed by atoms with Crippen LogP contribution < -0.4 is 0 Å². The molecular weight excluding hydrogens is 282 g/mol. The van der Waals surface area contributed by atoms with Crippen molar-refractivity contribution in [1.82, 2.24) is 0 Å². The zero-order valence-electron chi connectivity index (χ0n) is 13.4. The van der Waals surface area contributed by atoms with Gasteiger partial charge in [0.1, 0.15) is 5.82 Å². The Bertz CT molecular complexity index is 273. The molecule has 1 rings (SSSR count). The lowest BCUT2D eigenvalue weighted by molar-refractivity contribution is 0.618. The highest BCUT2D eigenvalue weighted by atomic mass is 35.5. The van der Waals surface area contributed by atoms with Crippen LogP contribution in [0.3, 0.4) is 0 Å². The summed E-state index contributed by atoms with van der Waals surface area (Å²) in [5.41, 5.74) is 0.586. The van der Waals surface area contributed by atoms with Crippen LogP contribution in [0.25, 0.3) is 0 Å². The molecule has 0 unspecified atom stereocenters. The summed E-state index contributed by atoms with van der Waals surface area (Å²) in [5.74, 6) is -0.209. The van der Waals surface area contributed by atoms with E-state index >= 15 is 0 Å². The molecule has 0 nitrogen and oxygen atoms in total. The lowest BCUT2D eigenvalue weighted by Crippen LogP contribution is -1.78. The zero-order valence-corrected chi connectivity index (χ0v) is 14.9. The molecule has 0 amide bonds. The molecule has 0 spiro atoms. The van der Waals surface area contributed by atoms with E-state index in [1.807, 2.05) is 20.8 Å². The molecule has 0 aliphatic carbocycles. The third-order valence-corrected chi connectivity index (χ3v) is 1.36. The van der Waals surface area contributed by atoms with Gasteiger partial charge in [0.15, 0.2) is 0 Å². The highest BCUT2D eigenvalue weighted by molar-refractivity contribution is 6.30. The number of hydrogen-bond acceptors (Lipinski definition) is 0. The Morgan fingerprint density at radius 1 is 1.21 bits per heavy atom. The summed E-state index contributed by atoms with van der Waals surface area (Å²) in [6, 6.07) is 4.48. The van der Waals surface area contributed by atoms with Crippen LogP contribution in [0, 0.1) is 12.7 Å². The molecule has 0 radical (unpaired) electrons. The van der Waals surface area contributed by atoms with Gasteiger partial charge in [-0.2, -0.15) is 0 Å². The van der Waals surface area contributed by atoms with E-state index in [-0.39, 0.29) is 5.82 Å². The first-order valence-corrected chi connectivity index (χ1v) is 7.53. The molecule has 0 fully saturated rings. The fraction of sp³-hybridized carbons (Fsp3) is 0.500. The van der Waals surface area contributed by atoms with Crippen molar-refractivity contribution in [1.29, 1.82) is 0 Å². The van der Waals surface area contributed by atoms with Gasteiger partial charge in [0.2, 0.25) is 0 Å². The molecule has 0 atom stereocenters. The molecule has 0 heterocycles. The number of halogens is 3. The molecule has 0 aliphatic heterocycles. The van der Waals surface area contributed by atoms with Crippen LogP contribution in [0.5, 0.6) is 0 Å². The predicted molar refractivity (Wildman–Crippen MR) is 91.1 cm³/mol. The molecule has 114 valence electrons. The maximum absolute atomic E-state index is 12.4. The summed E-state index contributed by atoms with van der Waals surface area (Å²) in [4.78, 5) is 0. The first-order valence-electron chi connectivity index (χ1n) is 6.39.